The zero-order valence-corrected chi connectivity index (χ0v) is 8.76. The van der Waals surface area contributed by atoms with Gasteiger partial charge < -0.3 is 10.4 Å². The van der Waals surface area contributed by atoms with Gasteiger partial charge in [0.1, 0.15) is 0 Å². The summed E-state index contributed by atoms with van der Waals surface area (Å²) in [7, 11) is 0. The second kappa shape index (κ2) is 6.41. The SMILES string of the molecule is C#CCNCC(=O)NC(C)(C)CCO. The van der Waals surface area contributed by atoms with Crippen molar-refractivity contribution < 1.29 is 9.90 Å². The van der Waals surface area contributed by atoms with Gasteiger partial charge in [0.05, 0.1) is 13.1 Å². The Morgan fingerprint density at radius 2 is 2.21 bits per heavy atom. The van der Waals surface area contributed by atoms with E-state index in [2.05, 4.69) is 16.6 Å². The van der Waals surface area contributed by atoms with Gasteiger partial charge in [-0.15, -0.1) is 6.42 Å². The van der Waals surface area contributed by atoms with Gasteiger partial charge in [0, 0.05) is 12.1 Å². The van der Waals surface area contributed by atoms with Crippen molar-refractivity contribution in [2.45, 2.75) is 25.8 Å². The van der Waals surface area contributed by atoms with Crippen molar-refractivity contribution >= 4 is 5.91 Å². The van der Waals surface area contributed by atoms with Crippen LogP contribution in [0.1, 0.15) is 20.3 Å². The lowest BCUT2D eigenvalue weighted by Crippen LogP contribution is -2.47. The van der Waals surface area contributed by atoms with Crippen molar-refractivity contribution in [2.75, 3.05) is 19.7 Å². The first-order valence-corrected chi connectivity index (χ1v) is 4.58. The van der Waals surface area contributed by atoms with E-state index in [1.807, 2.05) is 13.8 Å². The molecule has 14 heavy (non-hydrogen) atoms. The lowest BCUT2D eigenvalue weighted by molar-refractivity contribution is -0.121. The number of hydrogen-bond donors (Lipinski definition) is 3. The van der Waals surface area contributed by atoms with E-state index >= 15 is 0 Å². The van der Waals surface area contributed by atoms with Crippen LogP contribution in [0.5, 0.6) is 0 Å². The molecule has 4 heteroatoms. The smallest absolute Gasteiger partial charge is 0.234 e. The quantitative estimate of drug-likeness (QED) is 0.398. The van der Waals surface area contributed by atoms with Gasteiger partial charge in [-0.2, -0.15) is 0 Å². The van der Waals surface area contributed by atoms with Crippen molar-refractivity contribution in [3.63, 3.8) is 0 Å². The van der Waals surface area contributed by atoms with Crippen LogP contribution in [-0.2, 0) is 4.79 Å². The molecule has 3 N–H and O–H groups in total. The van der Waals surface area contributed by atoms with Crippen molar-refractivity contribution in [1.29, 1.82) is 0 Å². The van der Waals surface area contributed by atoms with Crippen LogP contribution in [0.25, 0.3) is 0 Å². The Morgan fingerprint density at radius 1 is 1.57 bits per heavy atom. The summed E-state index contributed by atoms with van der Waals surface area (Å²) in [6.07, 6.45) is 5.55. The Hall–Kier alpha value is -1.05. The molecule has 1 amide bonds. The summed E-state index contributed by atoms with van der Waals surface area (Å²) in [5.74, 6) is 2.27. The highest BCUT2D eigenvalue weighted by Crippen LogP contribution is 2.06. The van der Waals surface area contributed by atoms with Gasteiger partial charge in [0.15, 0.2) is 0 Å². The minimum atomic E-state index is -0.371. The second-order valence-electron chi connectivity index (χ2n) is 3.71. The van der Waals surface area contributed by atoms with Crippen LogP contribution in [0.3, 0.4) is 0 Å². The van der Waals surface area contributed by atoms with Crippen molar-refractivity contribution in [3.8, 4) is 12.3 Å². The maximum absolute atomic E-state index is 11.3. The van der Waals surface area contributed by atoms with Gasteiger partial charge in [-0.25, -0.2) is 0 Å². The normalized spacial score (nSPS) is 10.7. The highest BCUT2D eigenvalue weighted by Gasteiger charge is 2.18. The summed E-state index contributed by atoms with van der Waals surface area (Å²) in [5.41, 5.74) is -0.371. The molecule has 0 atom stereocenters. The predicted octanol–water partition coefficient (Wildman–Crippen LogP) is -0.514. The standard InChI is InChI=1S/C10H18N2O2/c1-4-6-11-8-9(14)12-10(2,3)5-7-13/h1,11,13H,5-8H2,2-3H3,(H,12,14). The summed E-state index contributed by atoms with van der Waals surface area (Å²) < 4.78 is 0. The van der Waals surface area contributed by atoms with Crippen LogP contribution in [0.2, 0.25) is 0 Å². The Morgan fingerprint density at radius 3 is 2.71 bits per heavy atom. The van der Waals surface area contributed by atoms with Gasteiger partial charge in [0.2, 0.25) is 5.91 Å². The van der Waals surface area contributed by atoms with Crippen LogP contribution in [-0.4, -0.2) is 36.2 Å². The highest BCUT2D eigenvalue weighted by atomic mass is 16.3. The first-order valence-electron chi connectivity index (χ1n) is 4.58. The highest BCUT2D eigenvalue weighted by molar-refractivity contribution is 5.78. The topological polar surface area (TPSA) is 61.4 Å². The summed E-state index contributed by atoms with van der Waals surface area (Å²) in [5, 5.41) is 14.3. The Kier molecular flexibility index (Phi) is 5.93. The molecule has 0 aromatic rings. The average Bonchev–Trinajstić information content (AvgIpc) is 2.03. The van der Waals surface area contributed by atoms with E-state index in [0.717, 1.165) is 0 Å². The first-order chi connectivity index (χ1) is 6.52. The van der Waals surface area contributed by atoms with Crippen LogP contribution < -0.4 is 10.6 Å². The molecule has 0 saturated heterocycles. The van der Waals surface area contributed by atoms with E-state index in [0.29, 0.717) is 13.0 Å². The minimum absolute atomic E-state index is 0.0606. The number of hydrogen-bond acceptors (Lipinski definition) is 3. The predicted molar refractivity (Wildman–Crippen MR) is 55.6 cm³/mol. The fraction of sp³-hybridized carbons (Fsp3) is 0.700. The Labute approximate surface area is 85.1 Å². The zero-order chi connectivity index (χ0) is 11.0. The molecule has 80 valence electrons. The maximum atomic E-state index is 11.3. The van der Waals surface area contributed by atoms with E-state index in [9.17, 15) is 4.79 Å². The van der Waals surface area contributed by atoms with E-state index in [1.54, 1.807) is 0 Å². The van der Waals surface area contributed by atoms with E-state index in [1.165, 1.54) is 0 Å². The van der Waals surface area contributed by atoms with Crippen LogP contribution in [0.4, 0.5) is 0 Å². The molecule has 0 spiro atoms. The molecule has 0 fully saturated rings. The number of amides is 1. The number of aliphatic hydroxyl groups excluding tert-OH is 1. The third-order valence-electron chi connectivity index (χ3n) is 1.73. The van der Waals surface area contributed by atoms with E-state index < -0.39 is 0 Å². The van der Waals surface area contributed by atoms with Gasteiger partial charge in [-0.1, -0.05) is 5.92 Å². The summed E-state index contributed by atoms with van der Waals surface area (Å²) in [4.78, 5) is 11.3. The van der Waals surface area contributed by atoms with Crippen LogP contribution in [0, 0.1) is 12.3 Å². The number of carbonyl (C=O) groups is 1. The van der Waals surface area contributed by atoms with E-state index in [4.69, 9.17) is 11.5 Å². The third-order valence-corrected chi connectivity index (χ3v) is 1.73. The van der Waals surface area contributed by atoms with Crippen molar-refractivity contribution in [2.24, 2.45) is 0 Å². The van der Waals surface area contributed by atoms with Gasteiger partial charge in [-0.05, 0) is 20.3 Å². The molecule has 0 saturated carbocycles. The molecule has 0 radical (unpaired) electrons. The third kappa shape index (κ3) is 6.46. The fourth-order valence-corrected chi connectivity index (χ4v) is 1.01. The number of carbonyl (C=O) groups excluding carboxylic acids is 1. The monoisotopic (exact) mass is 198 g/mol. The van der Waals surface area contributed by atoms with E-state index in [-0.39, 0.29) is 24.6 Å². The van der Waals surface area contributed by atoms with Crippen LogP contribution in [0.15, 0.2) is 0 Å². The lowest BCUT2D eigenvalue weighted by Gasteiger charge is -2.25. The van der Waals surface area contributed by atoms with Gasteiger partial charge >= 0.3 is 0 Å². The molecular weight excluding hydrogens is 180 g/mol. The molecule has 0 aliphatic rings. The van der Waals surface area contributed by atoms with Crippen molar-refractivity contribution in [1.82, 2.24) is 10.6 Å². The first kappa shape index (κ1) is 12.9. The summed E-state index contributed by atoms with van der Waals surface area (Å²) in [6.45, 7) is 4.38. The maximum Gasteiger partial charge on any atom is 0.234 e. The summed E-state index contributed by atoms with van der Waals surface area (Å²) >= 11 is 0. The molecule has 4 nitrogen and oxygen atoms in total. The van der Waals surface area contributed by atoms with Crippen molar-refractivity contribution in [3.05, 3.63) is 0 Å². The number of rotatable bonds is 6. The Bertz CT molecular complexity index is 219. The molecule has 0 aliphatic carbocycles. The Balaban J connectivity index is 3.76. The molecule has 0 aromatic heterocycles. The number of aliphatic hydroxyl groups is 1. The molecular formula is C10H18N2O2. The number of terminal acetylenes is 1. The molecule has 0 rings (SSSR count). The molecule has 0 bridgehead atoms. The average molecular weight is 198 g/mol. The van der Waals surface area contributed by atoms with Gasteiger partial charge in [0.25, 0.3) is 0 Å². The largest absolute Gasteiger partial charge is 0.396 e. The van der Waals surface area contributed by atoms with Crippen LogP contribution >= 0.6 is 0 Å². The second-order valence-corrected chi connectivity index (χ2v) is 3.71. The molecule has 0 aromatic carbocycles. The minimum Gasteiger partial charge on any atom is -0.396 e. The molecule has 0 aliphatic heterocycles. The number of nitrogens with one attached hydrogen (secondary N) is 2. The van der Waals surface area contributed by atoms with Gasteiger partial charge in [-0.3, -0.25) is 10.1 Å². The zero-order valence-electron chi connectivity index (χ0n) is 8.76. The fourth-order valence-electron chi connectivity index (χ4n) is 1.01. The summed E-state index contributed by atoms with van der Waals surface area (Å²) in [6, 6.07) is 0. The lowest BCUT2D eigenvalue weighted by atomic mass is 10.0. The molecule has 0 unspecified atom stereocenters. The molecule has 0 heterocycles.